The molecule has 1 fully saturated rings. The minimum absolute atomic E-state index is 0.273. The van der Waals surface area contributed by atoms with Crippen LogP contribution in [0.25, 0.3) is 0 Å². The molecule has 0 spiro atoms. The molecular weight excluding hydrogens is 227 g/mol. The van der Waals surface area contributed by atoms with Crippen molar-refractivity contribution in [2.45, 2.75) is 25.9 Å². The number of benzene rings is 1. The predicted molar refractivity (Wildman–Crippen MR) is 73.3 cm³/mol. The van der Waals surface area contributed by atoms with Crippen molar-refractivity contribution in [1.82, 2.24) is 10.2 Å². The van der Waals surface area contributed by atoms with E-state index in [1.165, 1.54) is 12.0 Å². The third kappa shape index (κ3) is 3.79. The van der Waals surface area contributed by atoms with Gasteiger partial charge in [0, 0.05) is 25.7 Å². The first-order valence-corrected chi connectivity index (χ1v) is 6.85. The van der Waals surface area contributed by atoms with Gasteiger partial charge in [-0.25, -0.2) is 4.39 Å². The first kappa shape index (κ1) is 13.5. The lowest BCUT2D eigenvalue weighted by atomic mass is 10.0. The van der Waals surface area contributed by atoms with Crippen LogP contribution in [0.5, 0.6) is 0 Å². The van der Waals surface area contributed by atoms with Crippen LogP contribution in [0.1, 0.15) is 18.9 Å². The highest BCUT2D eigenvalue weighted by Crippen LogP contribution is 2.21. The molecule has 2 rings (SSSR count). The molecule has 0 aromatic heterocycles. The minimum atomic E-state index is -0.273. The fourth-order valence-electron chi connectivity index (χ4n) is 2.70. The van der Waals surface area contributed by atoms with Crippen LogP contribution >= 0.6 is 0 Å². The number of rotatable bonds is 6. The molecular formula is C15H23FN2. The largest absolute Gasteiger partial charge is 0.311 e. The van der Waals surface area contributed by atoms with E-state index in [2.05, 4.69) is 47.5 Å². The summed E-state index contributed by atoms with van der Waals surface area (Å²) in [6.45, 7) is 5.69. The molecule has 0 radical (unpaired) electrons. The predicted octanol–water partition coefficient (Wildman–Crippen LogP) is 2.46. The lowest BCUT2D eigenvalue weighted by Gasteiger charge is -2.21. The van der Waals surface area contributed by atoms with Gasteiger partial charge in [-0.1, -0.05) is 30.3 Å². The van der Waals surface area contributed by atoms with Crippen LogP contribution in [0.2, 0.25) is 0 Å². The maximum atomic E-state index is 12.1. The van der Waals surface area contributed by atoms with E-state index in [4.69, 9.17) is 0 Å². The molecule has 0 bridgehead atoms. The first-order chi connectivity index (χ1) is 8.79. The van der Waals surface area contributed by atoms with Crippen LogP contribution in [0.3, 0.4) is 0 Å². The van der Waals surface area contributed by atoms with E-state index in [1.807, 2.05) is 0 Å². The monoisotopic (exact) mass is 250 g/mol. The highest BCUT2D eigenvalue weighted by atomic mass is 19.1. The number of nitrogens with one attached hydrogen (secondary N) is 1. The molecule has 1 aromatic rings. The normalized spacial score (nSPS) is 22.2. The molecule has 0 aliphatic carbocycles. The molecule has 1 N–H and O–H groups in total. The number of alkyl halides is 1. The van der Waals surface area contributed by atoms with Gasteiger partial charge in [-0.2, -0.15) is 0 Å². The quantitative estimate of drug-likeness (QED) is 0.834. The Balaban J connectivity index is 1.78. The van der Waals surface area contributed by atoms with Gasteiger partial charge in [0.1, 0.15) is 6.67 Å². The van der Waals surface area contributed by atoms with Crippen molar-refractivity contribution in [2.75, 3.05) is 26.3 Å². The summed E-state index contributed by atoms with van der Waals surface area (Å²) in [5, 5.41) is 3.26. The molecule has 2 nitrogen and oxygen atoms in total. The first-order valence-electron chi connectivity index (χ1n) is 6.85. The molecule has 1 aromatic carbocycles. The zero-order chi connectivity index (χ0) is 12.8. The summed E-state index contributed by atoms with van der Waals surface area (Å²) < 4.78 is 12.1. The molecule has 1 unspecified atom stereocenters. The van der Waals surface area contributed by atoms with Crippen molar-refractivity contribution >= 4 is 0 Å². The minimum Gasteiger partial charge on any atom is -0.311 e. The number of hydrogen-bond donors (Lipinski definition) is 1. The Morgan fingerprint density at radius 1 is 1.39 bits per heavy atom. The van der Waals surface area contributed by atoms with E-state index in [9.17, 15) is 4.39 Å². The average molecular weight is 250 g/mol. The van der Waals surface area contributed by atoms with Crippen LogP contribution in [0.15, 0.2) is 30.3 Å². The maximum absolute atomic E-state index is 12.1. The zero-order valence-corrected chi connectivity index (χ0v) is 11.1. The second-order valence-electron chi connectivity index (χ2n) is 5.20. The number of likely N-dealkylation sites (tertiary alicyclic amines) is 1. The van der Waals surface area contributed by atoms with Gasteiger partial charge in [0.25, 0.3) is 0 Å². The average Bonchev–Trinajstić information content (AvgIpc) is 2.86. The van der Waals surface area contributed by atoms with Gasteiger partial charge in [0.2, 0.25) is 0 Å². The molecule has 0 amide bonds. The summed E-state index contributed by atoms with van der Waals surface area (Å²) in [5.74, 6) is 0.653. The second kappa shape index (κ2) is 6.86. The van der Waals surface area contributed by atoms with Gasteiger partial charge in [0.15, 0.2) is 0 Å². The van der Waals surface area contributed by atoms with Gasteiger partial charge in [-0.3, -0.25) is 4.90 Å². The van der Waals surface area contributed by atoms with Crippen molar-refractivity contribution in [3.8, 4) is 0 Å². The summed E-state index contributed by atoms with van der Waals surface area (Å²) >= 11 is 0. The van der Waals surface area contributed by atoms with Gasteiger partial charge in [-0.05, 0) is 31.4 Å². The van der Waals surface area contributed by atoms with Crippen molar-refractivity contribution in [1.29, 1.82) is 0 Å². The van der Waals surface area contributed by atoms with E-state index in [0.29, 0.717) is 18.5 Å². The summed E-state index contributed by atoms with van der Waals surface area (Å²) in [7, 11) is 0. The SMILES string of the molecule is CC(NCCF)[C@@H]1CCN(Cc2ccccc2)C1. The van der Waals surface area contributed by atoms with E-state index in [1.54, 1.807) is 0 Å². The Morgan fingerprint density at radius 2 is 2.17 bits per heavy atom. The van der Waals surface area contributed by atoms with Crippen molar-refractivity contribution in [3.63, 3.8) is 0 Å². The molecule has 18 heavy (non-hydrogen) atoms. The Kier molecular flexibility index (Phi) is 5.14. The Labute approximate surface area is 109 Å². The smallest absolute Gasteiger partial charge is 0.102 e. The molecule has 1 heterocycles. The fourth-order valence-corrected chi connectivity index (χ4v) is 2.70. The number of nitrogens with zero attached hydrogens (tertiary/aromatic N) is 1. The molecule has 3 heteroatoms. The molecule has 1 saturated heterocycles. The molecule has 100 valence electrons. The Hall–Kier alpha value is -0.930. The molecule has 2 atom stereocenters. The third-order valence-electron chi connectivity index (χ3n) is 3.83. The summed E-state index contributed by atoms with van der Waals surface area (Å²) in [4.78, 5) is 2.49. The topological polar surface area (TPSA) is 15.3 Å². The zero-order valence-electron chi connectivity index (χ0n) is 11.1. The second-order valence-corrected chi connectivity index (χ2v) is 5.20. The number of halogens is 1. The van der Waals surface area contributed by atoms with E-state index in [-0.39, 0.29) is 6.67 Å². The van der Waals surface area contributed by atoms with Crippen LogP contribution in [-0.4, -0.2) is 37.3 Å². The molecule has 1 aliphatic rings. The number of hydrogen-bond acceptors (Lipinski definition) is 2. The van der Waals surface area contributed by atoms with E-state index >= 15 is 0 Å². The highest BCUT2D eigenvalue weighted by molar-refractivity contribution is 5.14. The Bertz CT molecular complexity index is 342. The van der Waals surface area contributed by atoms with Crippen LogP contribution in [0, 0.1) is 5.92 Å². The summed E-state index contributed by atoms with van der Waals surface area (Å²) in [5.41, 5.74) is 1.38. The van der Waals surface area contributed by atoms with Gasteiger partial charge in [-0.15, -0.1) is 0 Å². The van der Waals surface area contributed by atoms with Crippen LogP contribution in [-0.2, 0) is 6.54 Å². The van der Waals surface area contributed by atoms with Crippen molar-refractivity contribution < 1.29 is 4.39 Å². The standard InChI is InChI=1S/C15H23FN2/c1-13(17-9-8-16)15-7-10-18(12-15)11-14-5-3-2-4-6-14/h2-6,13,15,17H,7-12H2,1H3/t13?,15-/m1/s1. The highest BCUT2D eigenvalue weighted by Gasteiger charge is 2.26. The summed E-state index contributed by atoms with van der Waals surface area (Å²) in [6, 6.07) is 11.0. The van der Waals surface area contributed by atoms with Crippen molar-refractivity contribution in [3.05, 3.63) is 35.9 Å². The third-order valence-corrected chi connectivity index (χ3v) is 3.83. The van der Waals surface area contributed by atoms with E-state index in [0.717, 1.165) is 19.6 Å². The summed E-state index contributed by atoms with van der Waals surface area (Å²) in [6.07, 6.45) is 1.22. The van der Waals surface area contributed by atoms with E-state index < -0.39 is 0 Å². The van der Waals surface area contributed by atoms with Gasteiger partial charge in [0.05, 0.1) is 0 Å². The molecule has 0 saturated carbocycles. The Morgan fingerprint density at radius 3 is 2.89 bits per heavy atom. The van der Waals surface area contributed by atoms with Crippen LogP contribution in [0.4, 0.5) is 4.39 Å². The lowest BCUT2D eigenvalue weighted by molar-refractivity contribution is 0.294. The fraction of sp³-hybridized carbons (Fsp3) is 0.600. The van der Waals surface area contributed by atoms with Crippen molar-refractivity contribution in [2.24, 2.45) is 5.92 Å². The lowest BCUT2D eigenvalue weighted by Crippen LogP contribution is -2.36. The van der Waals surface area contributed by atoms with Gasteiger partial charge < -0.3 is 5.32 Å². The van der Waals surface area contributed by atoms with Gasteiger partial charge >= 0.3 is 0 Å². The molecule has 1 aliphatic heterocycles. The maximum Gasteiger partial charge on any atom is 0.102 e. The van der Waals surface area contributed by atoms with Crippen LogP contribution < -0.4 is 5.32 Å².